The van der Waals surface area contributed by atoms with Gasteiger partial charge in [0, 0.05) is 31.7 Å². The van der Waals surface area contributed by atoms with Gasteiger partial charge in [-0.1, -0.05) is 0 Å². The van der Waals surface area contributed by atoms with Gasteiger partial charge in [0.25, 0.3) is 5.91 Å². The van der Waals surface area contributed by atoms with Gasteiger partial charge in [0.05, 0.1) is 24.7 Å². The number of hydrogen-bond donors (Lipinski definition) is 1. The number of piperidine rings is 2. The first kappa shape index (κ1) is 19.4. The third kappa shape index (κ3) is 3.16. The van der Waals surface area contributed by atoms with Crippen molar-refractivity contribution >= 4 is 22.8 Å². The molecule has 1 aromatic carbocycles. The van der Waals surface area contributed by atoms with Crippen molar-refractivity contribution in [1.82, 2.24) is 30.1 Å². The number of carbonyl (C=O) groups is 2. The summed E-state index contributed by atoms with van der Waals surface area (Å²) in [5.41, 5.74) is 1.50. The van der Waals surface area contributed by atoms with Crippen LogP contribution in [0.25, 0.3) is 11.0 Å². The molecule has 2 atom stereocenters. The Morgan fingerprint density at radius 1 is 1.10 bits per heavy atom. The van der Waals surface area contributed by atoms with E-state index in [-0.39, 0.29) is 17.9 Å². The lowest BCUT2D eigenvalue weighted by Crippen LogP contribution is -2.67. The number of likely N-dealkylation sites (tertiary alicyclic amines) is 2. The number of aromatic amines is 1. The largest absolute Gasteiger partial charge is 0.378 e. The van der Waals surface area contributed by atoms with E-state index in [1.165, 1.54) is 0 Å². The average molecular weight is 412 g/mol. The van der Waals surface area contributed by atoms with Gasteiger partial charge in [-0.15, -0.1) is 0 Å². The molecule has 3 fully saturated rings. The molecule has 9 heteroatoms. The number of ether oxygens (including phenoxy) is 1. The molecule has 1 N–H and O–H groups in total. The molecule has 30 heavy (non-hydrogen) atoms. The molecule has 0 spiro atoms. The van der Waals surface area contributed by atoms with Crippen LogP contribution in [0.4, 0.5) is 0 Å². The van der Waals surface area contributed by atoms with Crippen molar-refractivity contribution in [2.45, 2.75) is 25.3 Å². The number of morpholine rings is 1. The van der Waals surface area contributed by atoms with Crippen LogP contribution in [0.1, 0.15) is 29.6 Å². The van der Waals surface area contributed by atoms with Crippen LogP contribution < -0.4 is 0 Å². The highest BCUT2D eigenvalue weighted by atomic mass is 16.5. The van der Waals surface area contributed by atoms with Crippen molar-refractivity contribution in [2.75, 3.05) is 53.0 Å². The number of fused-ring (bicyclic) bond motifs is 2. The van der Waals surface area contributed by atoms with Gasteiger partial charge in [-0.3, -0.25) is 9.59 Å². The minimum atomic E-state index is -0.504. The molecule has 0 radical (unpaired) electrons. The van der Waals surface area contributed by atoms with Crippen LogP contribution >= 0.6 is 0 Å². The summed E-state index contributed by atoms with van der Waals surface area (Å²) in [5.74, 6) is 0.174. The molecular formula is C21H28N6O3. The second kappa shape index (κ2) is 7.63. The maximum atomic E-state index is 13.8. The van der Waals surface area contributed by atoms with Gasteiger partial charge in [0.1, 0.15) is 11.0 Å². The second-order valence-corrected chi connectivity index (χ2v) is 8.72. The number of hydrogen-bond acceptors (Lipinski definition) is 6. The maximum Gasteiger partial charge on any atom is 0.254 e. The highest BCUT2D eigenvalue weighted by Crippen LogP contribution is 2.44. The predicted octanol–water partition coefficient (Wildman–Crippen LogP) is 0.743. The van der Waals surface area contributed by atoms with Crippen LogP contribution in [0, 0.1) is 5.41 Å². The van der Waals surface area contributed by atoms with Gasteiger partial charge < -0.3 is 19.4 Å². The van der Waals surface area contributed by atoms with Gasteiger partial charge in [-0.2, -0.15) is 15.4 Å². The zero-order valence-electron chi connectivity index (χ0n) is 17.3. The summed E-state index contributed by atoms with van der Waals surface area (Å²) in [6, 6.07) is 5.28. The number of aromatic nitrogens is 3. The van der Waals surface area contributed by atoms with E-state index in [0.29, 0.717) is 50.5 Å². The molecule has 3 aliphatic rings. The number of rotatable bonds is 2. The number of amides is 2. The summed E-state index contributed by atoms with van der Waals surface area (Å²) in [7, 11) is 2.07. The van der Waals surface area contributed by atoms with Crippen molar-refractivity contribution in [3.8, 4) is 0 Å². The van der Waals surface area contributed by atoms with E-state index < -0.39 is 5.41 Å². The number of likely N-dealkylation sites (N-methyl/N-ethyl adjacent to an activating group) is 1. The summed E-state index contributed by atoms with van der Waals surface area (Å²) in [6.45, 7) is 4.72. The van der Waals surface area contributed by atoms with Crippen molar-refractivity contribution in [3.63, 3.8) is 0 Å². The molecule has 0 unspecified atom stereocenters. The lowest BCUT2D eigenvalue weighted by Gasteiger charge is -2.54. The monoisotopic (exact) mass is 412 g/mol. The van der Waals surface area contributed by atoms with Gasteiger partial charge in [0.2, 0.25) is 5.91 Å². The Labute approximate surface area is 175 Å². The summed E-state index contributed by atoms with van der Waals surface area (Å²) >= 11 is 0. The molecule has 4 heterocycles. The topological polar surface area (TPSA) is 94.7 Å². The van der Waals surface area contributed by atoms with Crippen molar-refractivity contribution < 1.29 is 14.3 Å². The number of carbonyl (C=O) groups excluding carboxylic acids is 2. The number of H-pyrrole nitrogens is 1. The molecule has 0 aliphatic carbocycles. The smallest absolute Gasteiger partial charge is 0.254 e. The third-order valence-corrected chi connectivity index (χ3v) is 7.01. The zero-order chi connectivity index (χ0) is 20.7. The number of benzene rings is 1. The Morgan fingerprint density at radius 3 is 2.73 bits per heavy atom. The van der Waals surface area contributed by atoms with Gasteiger partial charge in [-0.25, -0.2) is 0 Å². The Hall–Kier alpha value is -2.52. The molecule has 2 amide bonds. The Bertz CT molecular complexity index is 955. The lowest BCUT2D eigenvalue weighted by molar-refractivity contribution is -0.157. The molecule has 3 saturated heterocycles. The highest BCUT2D eigenvalue weighted by Gasteiger charge is 2.54. The maximum absolute atomic E-state index is 13.8. The van der Waals surface area contributed by atoms with E-state index >= 15 is 0 Å². The first-order valence-electron chi connectivity index (χ1n) is 10.8. The van der Waals surface area contributed by atoms with Crippen LogP contribution in [-0.2, 0) is 9.53 Å². The van der Waals surface area contributed by atoms with Crippen LogP contribution in [-0.4, -0.2) is 101 Å². The molecule has 0 bridgehead atoms. The quantitative estimate of drug-likeness (QED) is 0.782. The van der Waals surface area contributed by atoms with Crippen LogP contribution in [0.2, 0.25) is 0 Å². The SMILES string of the molecule is CN1CC[C@]2(C(=O)N3CCOCC3)CCCN(C(=O)c3ccc4n[nH]nc4c3)[C@H]2C1. The van der Waals surface area contributed by atoms with Crippen molar-refractivity contribution in [2.24, 2.45) is 5.41 Å². The van der Waals surface area contributed by atoms with Gasteiger partial charge >= 0.3 is 0 Å². The fourth-order valence-corrected chi connectivity index (χ4v) is 5.35. The van der Waals surface area contributed by atoms with Gasteiger partial charge in [-0.05, 0) is 51.1 Å². The molecule has 0 saturated carbocycles. The molecule has 5 rings (SSSR count). The van der Waals surface area contributed by atoms with Crippen LogP contribution in [0.3, 0.4) is 0 Å². The first-order chi connectivity index (χ1) is 14.6. The second-order valence-electron chi connectivity index (χ2n) is 8.72. The standard InChI is InChI=1S/C21H28N6O3/c1-25-8-6-21(20(29)26-9-11-30-12-10-26)5-2-7-27(18(21)14-25)19(28)15-3-4-16-17(13-15)23-24-22-16/h3-4,13,18H,2,5-12,14H2,1H3,(H,22,23,24)/t18-,21+/m0/s1. The van der Waals surface area contributed by atoms with E-state index in [4.69, 9.17) is 4.74 Å². The van der Waals surface area contributed by atoms with Gasteiger partial charge in [0.15, 0.2) is 0 Å². The van der Waals surface area contributed by atoms with E-state index in [9.17, 15) is 9.59 Å². The molecule has 9 nitrogen and oxygen atoms in total. The van der Waals surface area contributed by atoms with Crippen LogP contribution in [0.15, 0.2) is 18.2 Å². The Kier molecular flexibility index (Phi) is 4.94. The van der Waals surface area contributed by atoms with E-state index in [0.717, 1.165) is 31.3 Å². The van der Waals surface area contributed by atoms with E-state index in [1.807, 2.05) is 15.9 Å². The zero-order valence-corrected chi connectivity index (χ0v) is 17.3. The Morgan fingerprint density at radius 2 is 1.90 bits per heavy atom. The molecule has 2 aromatic rings. The highest BCUT2D eigenvalue weighted by molar-refractivity contribution is 5.98. The van der Waals surface area contributed by atoms with E-state index in [2.05, 4.69) is 27.4 Å². The molecule has 3 aliphatic heterocycles. The predicted molar refractivity (Wildman–Crippen MR) is 110 cm³/mol. The lowest BCUT2D eigenvalue weighted by atomic mass is 9.67. The minimum Gasteiger partial charge on any atom is -0.378 e. The number of nitrogens with one attached hydrogen (secondary N) is 1. The summed E-state index contributed by atoms with van der Waals surface area (Å²) < 4.78 is 5.45. The summed E-state index contributed by atoms with van der Waals surface area (Å²) in [6.07, 6.45) is 2.47. The minimum absolute atomic E-state index is 0.0287. The number of nitrogens with zero attached hydrogens (tertiary/aromatic N) is 5. The summed E-state index contributed by atoms with van der Waals surface area (Å²) in [5, 5.41) is 10.8. The fourth-order valence-electron chi connectivity index (χ4n) is 5.35. The van der Waals surface area contributed by atoms with E-state index in [1.54, 1.807) is 12.1 Å². The molecular weight excluding hydrogens is 384 g/mol. The Balaban J connectivity index is 1.47. The van der Waals surface area contributed by atoms with Crippen molar-refractivity contribution in [1.29, 1.82) is 0 Å². The fraction of sp³-hybridized carbons (Fsp3) is 0.619. The first-order valence-corrected chi connectivity index (χ1v) is 10.8. The third-order valence-electron chi connectivity index (χ3n) is 7.01. The molecule has 1 aromatic heterocycles. The molecule has 160 valence electrons. The van der Waals surface area contributed by atoms with Crippen LogP contribution in [0.5, 0.6) is 0 Å². The average Bonchev–Trinajstić information content (AvgIpc) is 3.26. The van der Waals surface area contributed by atoms with Crippen molar-refractivity contribution in [3.05, 3.63) is 23.8 Å². The normalized spacial score (nSPS) is 27.8. The summed E-state index contributed by atoms with van der Waals surface area (Å²) in [4.78, 5) is 33.5.